The zero-order chi connectivity index (χ0) is 15.4. The van der Waals surface area contributed by atoms with Crippen molar-refractivity contribution in [2.24, 2.45) is 0 Å². The number of nitrogens with one attached hydrogen (secondary N) is 1. The Labute approximate surface area is 139 Å². The van der Waals surface area contributed by atoms with Crippen molar-refractivity contribution >= 4 is 33.2 Å². The van der Waals surface area contributed by atoms with E-state index in [2.05, 4.69) is 50.4 Å². The third-order valence-electron chi connectivity index (χ3n) is 3.94. The molecule has 2 aromatic carbocycles. The number of nitrogens with zero attached hydrogens (tertiary/aromatic N) is 1. The van der Waals surface area contributed by atoms with E-state index in [0.717, 1.165) is 36.1 Å². The maximum absolute atomic E-state index is 12.1. The van der Waals surface area contributed by atoms with Crippen LogP contribution < -0.4 is 10.2 Å². The molecule has 2 aromatic rings. The van der Waals surface area contributed by atoms with Crippen molar-refractivity contribution in [1.82, 2.24) is 0 Å². The first-order chi connectivity index (χ1) is 10.7. The molecule has 0 spiro atoms. The standard InChI is InChI=1S/C18H19BrN2O/c19-15-7-9-16(10-8-15)20-18(22)11-13-21-12-3-5-14-4-1-2-6-17(14)21/h1-2,4,6-10H,3,5,11-13H2,(H,20,22). The molecule has 114 valence electrons. The fourth-order valence-electron chi connectivity index (χ4n) is 2.84. The lowest BCUT2D eigenvalue weighted by Crippen LogP contribution is -2.32. The van der Waals surface area contributed by atoms with E-state index in [-0.39, 0.29) is 5.91 Å². The molecule has 0 fully saturated rings. The van der Waals surface area contributed by atoms with Crippen LogP contribution in [0.25, 0.3) is 0 Å². The van der Waals surface area contributed by atoms with Gasteiger partial charge in [-0.3, -0.25) is 4.79 Å². The first kappa shape index (κ1) is 15.1. The zero-order valence-corrected chi connectivity index (χ0v) is 14.0. The summed E-state index contributed by atoms with van der Waals surface area (Å²) in [6, 6.07) is 16.1. The molecule has 3 nitrogen and oxygen atoms in total. The summed E-state index contributed by atoms with van der Waals surface area (Å²) in [4.78, 5) is 14.4. The van der Waals surface area contributed by atoms with Gasteiger partial charge in [0.15, 0.2) is 0 Å². The van der Waals surface area contributed by atoms with Gasteiger partial charge in [0.05, 0.1) is 0 Å². The van der Waals surface area contributed by atoms with Gasteiger partial charge in [0, 0.05) is 35.4 Å². The molecular weight excluding hydrogens is 340 g/mol. The molecule has 1 heterocycles. The monoisotopic (exact) mass is 358 g/mol. The van der Waals surface area contributed by atoms with Crippen LogP contribution in [0, 0.1) is 0 Å². The van der Waals surface area contributed by atoms with Crippen LogP contribution in [0.1, 0.15) is 18.4 Å². The number of halogens is 1. The average Bonchev–Trinajstić information content (AvgIpc) is 2.55. The lowest BCUT2D eigenvalue weighted by molar-refractivity contribution is -0.116. The van der Waals surface area contributed by atoms with Gasteiger partial charge in [-0.05, 0) is 48.7 Å². The van der Waals surface area contributed by atoms with Gasteiger partial charge in [-0.25, -0.2) is 0 Å². The molecule has 0 aliphatic carbocycles. The molecule has 0 unspecified atom stereocenters. The first-order valence-corrected chi connectivity index (χ1v) is 8.40. The number of hydrogen-bond acceptors (Lipinski definition) is 2. The highest BCUT2D eigenvalue weighted by Gasteiger charge is 2.16. The largest absolute Gasteiger partial charge is 0.371 e. The number of rotatable bonds is 4. The molecule has 0 bridgehead atoms. The van der Waals surface area contributed by atoms with Crippen LogP contribution in [0.2, 0.25) is 0 Å². The van der Waals surface area contributed by atoms with E-state index in [9.17, 15) is 4.79 Å². The number of anilines is 2. The Kier molecular flexibility index (Phi) is 4.78. The van der Waals surface area contributed by atoms with E-state index < -0.39 is 0 Å². The van der Waals surface area contributed by atoms with E-state index in [4.69, 9.17) is 0 Å². The smallest absolute Gasteiger partial charge is 0.226 e. The molecule has 1 aliphatic rings. The second kappa shape index (κ2) is 6.97. The van der Waals surface area contributed by atoms with Crippen LogP contribution in [-0.2, 0) is 11.2 Å². The maximum atomic E-state index is 12.1. The summed E-state index contributed by atoms with van der Waals surface area (Å²) in [5.74, 6) is 0.0605. The van der Waals surface area contributed by atoms with Crippen LogP contribution in [0.3, 0.4) is 0 Å². The second-order valence-electron chi connectivity index (χ2n) is 5.52. The summed E-state index contributed by atoms with van der Waals surface area (Å²) in [6.45, 7) is 1.79. The van der Waals surface area contributed by atoms with Crippen LogP contribution >= 0.6 is 15.9 Å². The third-order valence-corrected chi connectivity index (χ3v) is 4.47. The SMILES string of the molecule is O=C(CCN1CCCc2ccccc21)Nc1ccc(Br)cc1. The average molecular weight is 359 g/mol. The molecule has 0 atom stereocenters. The van der Waals surface area contributed by atoms with Crippen molar-refractivity contribution in [1.29, 1.82) is 0 Å². The molecule has 1 amide bonds. The minimum Gasteiger partial charge on any atom is -0.371 e. The van der Waals surface area contributed by atoms with Crippen molar-refractivity contribution < 1.29 is 4.79 Å². The maximum Gasteiger partial charge on any atom is 0.226 e. The van der Waals surface area contributed by atoms with E-state index in [1.54, 1.807) is 0 Å². The lowest BCUT2D eigenvalue weighted by Gasteiger charge is -2.31. The van der Waals surface area contributed by atoms with Gasteiger partial charge in [0.25, 0.3) is 0 Å². The fourth-order valence-corrected chi connectivity index (χ4v) is 3.10. The predicted molar refractivity (Wildman–Crippen MR) is 94.4 cm³/mol. The number of amides is 1. The van der Waals surface area contributed by atoms with Crippen molar-refractivity contribution in [3.05, 3.63) is 58.6 Å². The minimum atomic E-state index is 0.0605. The topological polar surface area (TPSA) is 32.3 Å². The number of fused-ring (bicyclic) bond motifs is 1. The van der Waals surface area contributed by atoms with Crippen LogP contribution in [-0.4, -0.2) is 19.0 Å². The Morgan fingerprint density at radius 1 is 1.14 bits per heavy atom. The highest BCUT2D eigenvalue weighted by atomic mass is 79.9. The predicted octanol–water partition coefficient (Wildman–Crippen LogP) is 4.23. The Balaban J connectivity index is 1.56. The second-order valence-corrected chi connectivity index (χ2v) is 6.44. The van der Waals surface area contributed by atoms with Crippen LogP contribution in [0.15, 0.2) is 53.0 Å². The molecule has 0 saturated heterocycles. The third kappa shape index (κ3) is 3.69. The fraction of sp³-hybridized carbons (Fsp3) is 0.278. The molecular formula is C18H19BrN2O. The molecule has 1 N–H and O–H groups in total. The van der Waals surface area contributed by atoms with Gasteiger partial charge in [-0.15, -0.1) is 0 Å². The number of carbonyl (C=O) groups is 1. The number of para-hydroxylation sites is 1. The van der Waals surface area contributed by atoms with E-state index in [0.29, 0.717) is 6.42 Å². The lowest BCUT2D eigenvalue weighted by atomic mass is 10.0. The normalized spacial score (nSPS) is 13.6. The van der Waals surface area contributed by atoms with Gasteiger partial charge in [-0.1, -0.05) is 34.1 Å². The van der Waals surface area contributed by atoms with E-state index in [1.807, 2.05) is 24.3 Å². The van der Waals surface area contributed by atoms with Gasteiger partial charge in [0.2, 0.25) is 5.91 Å². The number of benzene rings is 2. The van der Waals surface area contributed by atoms with Crippen LogP contribution in [0.5, 0.6) is 0 Å². The molecule has 0 radical (unpaired) electrons. The molecule has 22 heavy (non-hydrogen) atoms. The van der Waals surface area contributed by atoms with Gasteiger partial charge in [0.1, 0.15) is 0 Å². The Hall–Kier alpha value is -1.81. The Bertz CT molecular complexity index is 654. The zero-order valence-electron chi connectivity index (χ0n) is 12.4. The number of hydrogen-bond donors (Lipinski definition) is 1. The highest BCUT2D eigenvalue weighted by Crippen LogP contribution is 2.26. The molecule has 3 rings (SSSR count). The summed E-state index contributed by atoms with van der Waals surface area (Å²) in [5.41, 5.74) is 3.51. The van der Waals surface area contributed by atoms with Gasteiger partial charge in [-0.2, -0.15) is 0 Å². The summed E-state index contributed by atoms with van der Waals surface area (Å²) in [5, 5.41) is 2.95. The van der Waals surface area contributed by atoms with E-state index in [1.165, 1.54) is 11.3 Å². The molecule has 0 saturated carbocycles. The summed E-state index contributed by atoms with van der Waals surface area (Å²) in [6.07, 6.45) is 2.80. The quantitative estimate of drug-likeness (QED) is 0.886. The van der Waals surface area contributed by atoms with Crippen molar-refractivity contribution in [2.75, 3.05) is 23.3 Å². The van der Waals surface area contributed by atoms with Crippen molar-refractivity contribution in [3.63, 3.8) is 0 Å². The molecule has 0 aromatic heterocycles. The van der Waals surface area contributed by atoms with Gasteiger partial charge < -0.3 is 10.2 Å². The summed E-state index contributed by atoms with van der Waals surface area (Å²) >= 11 is 3.39. The number of aryl methyl sites for hydroxylation is 1. The summed E-state index contributed by atoms with van der Waals surface area (Å²) in [7, 11) is 0. The molecule has 4 heteroatoms. The minimum absolute atomic E-state index is 0.0605. The van der Waals surface area contributed by atoms with Crippen molar-refractivity contribution in [3.8, 4) is 0 Å². The Morgan fingerprint density at radius 2 is 1.91 bits per heavy atom. The summed E-state index contributed by atoms with van der Waals surface area (Å²) < 4.78 is 1.01. The Morgan fingerprint density at radius 3 is 2.73 bits per heavy atom. The van der Waals surface area contributed by atoms with E-state index >= 15 is 0 Å². The van der Waals surface area contributed by atoms with Crippen LogP contribution in [0.4, 0.5) is 11.4 Å². The first-order valence-electron chi connectivity index (χ1n) is 7.60. The highest BCUT2D eigenvalue weighted by molar-refractivity contribution is 9.10. The molecule has 1 aliphatic heterocycles. The number of carbonyl (C=O) groups excluding carboxylic acids is 1. The van der Waals surface area contributed by atoms with Gasteiger partial charge >= 0.3 is 0 Å². The van der Waals surface area contributed by atoms with Crippen molar-refractivity contribution in [2.45, 2.75) is 19.3 Å².